The van der Waals surface area contributed by atoms with Crippen molar-refractivity contribution in [1.29, 1.82) is 0 Å². The summed E-state index contributed by atoms with van der Waals surface area (Å²) in [5.74, 6) is 0.794. The Morgan fingerprint density at radius 1 is 1.00 bits per heavy atom. The molecule has 0 saturated heterocycles. The Kier molecular flexibility index (Phi) is 8.43. The van der Waals surface area contributed by atoms with E-state index in [2.05, 4.69) is 0 Å². The highest BCUT2D eigenvalue weighted by molar-refractivity contribution is 5.78. The number of hydrogen-bond donors (Lipinski definition) is 1. The third kappa shape index (κ3) is 6.77. The minimum absolute atomic E-state index is 0.0168. The second kappa shape index (κ2) is 11.2. The minimum atomic E-state index is -1.35. The number of carboxylic acids is 1. The van der Waals surface area contributed by atoms with Gasteiger partial charge in [0.25, 0.3) is 0 Å². The molecule has 1 N–H and O–H groups in total. The van der Waals surface area contributed by atoms with Crippen LogP contribution in [-0.2, 0) is 22.7 Å². The van der Waals surface area contributed by atoms with Gasteiger partial charge in [-0.3, -0.25) is 9.69 Å². The number of likely N-dealkylation sites (N-methyl/N-ethyl adjacent to an activating group) is 1. The Labute approximate surface area is 218 Å². The van der Waals surface area contributed by atoms with Gasteiger partial charge in [0, 0.05) is 32.7 Å². The van der Waals surface area contributed by atoms with E-state index in [0.29, 0.717) is 30.5 Å². The van der Waals surface area contributed by atoms with E-state index < -0.39 is 11.6 Å². The van der Waals surface area contributed by atoms with Gasteiger partial charge in [0.2, 0.25) is 11.8 Å². The van der Waals surface area contributed by atoms with Crippen LogP contribution in [0.15, 0.2) is 40.8 Å². The summed E-state index contributed by atoms with van der Waals surface area (Å²) in [6, 6.07) is 11.9. The molecular formula is C29H37N3O5. The second-order valence-electron chi connectivity index (χ2n) is 10.2. The topological polar surface area (TPSA) is 96.1 Å². The molecule has 8 nitrogen and oxygen atoms in total. The molecule has 0 fully saturated rings. The second-order valence-corrected chi connectivity index (χ2v) is 10.2. The molecule has 3 aromatic rings. The van der Waals surface area contributed by atoms with Crippen molar-refractivity contribution in [2.24, 2.45) is 0 Å². The summed E-state index contributed by atoms with van der Waals surface area (Å²) >= 11 is 0. The number of benzene rings is 2. The van der Waals surface area contributed by atoms with E-state index in [1.165, 1.54) is 13.8 Å². The molecule has 0 bridgehead atoms. The molecule has 0 saturated carbocycles. The molecule has 198 valence electrons. The highest BCUT2D eigenvalue weighted by Gasteiger charge is 2.30. The van der Waals surface area contributed by atoms with Crippen LogP contribution >= 0.6 is 0 Å². The Balaban J connectivity index is 1.89. The lowest BCUT2D eigenvalue weighted by Gasteiger charge is -2.26. The van der Waals surface area contributed by atoms with Gasteiger partial charge in [-0.2, -0.15) is 0 Å². The first-order valence-electron chi connectivity index (χ1n) is 12.3. The van der Waals surface area contributed by atoms with E-state index in [1.807, 2.05) is 69.0 Å². The Hall–Kier alpha value is -3.65. The number of aliphatic carboxylic acids is 1. The zero-order chi connectivity index (χ0) is 27.5. The lowest BCUT2D eigenvalue weighted by Crippen LogP contribution is -2.38. The van der Waals surface area contributed by atoms with Crippen LogP contribution in [0.4, 0.5) is 0 Å². The van der Waals surface area contributed by atoms with Crippen molar-refractivity contribution in [3.8, 4) is 17.2 Å². The fourth-order valence-corrected chi connectivity index (χ4v) is 4.06. The van der Waals surface area contributed by atoms with Gasteiger partial charge in [-0.05, 0) is 69.9 Å². The molecular weight excluding hydrogens is 470 g/mol. The molecule has 0 atom stereocenters. The van der Waals surface area contributed by atoms with Crippen molar-refractivity contribution in [2.45, 2.75) is 60.2 Å². The summed E-state index contributed by atoms with van der Waals surface area (Å²) in [4.78, 5) is 32.6. The number of ether oxygens (including phenoxy) is 1. The first kappa shape index (κ1) is 27.9. The summed E-state index contributed by atoms with van der Waals surface area (Å²) in [6.45, 7) is 11.9. The van der Waals surface area contributed by atoms with Gasteiger partial charge in [-0.1, -0.05) is 30.3 Å². The Morgan fingerprint density at radius 2 is 1.62 bits per heavy atom. The lowest BCUT2D eigenvalue weighted by atomic mass is 10.0. The van der Waals surface area contributed by atoms with Crippen molar-refractivity contribution < 1.29 is 23.8 Å². The van der Waals surface area contributed by atoms with Crippen LogP contribution in [0.25, 0.3) is 11.5 Å². The zero-order valence-corrected chi connectivity index (χ0v) is 23.0. The van der Waals surface area contributed by atoms with Crippen LogP contribution in [0.5, 0.6) is 5.75 Å². The normalized spacial score (nSPS) is 11.6. The summed E-state index contributed by atoms with van der Waals surface area (Å²) in [6.07, 6.45) is 0. The van der Waals surface area contributed by atoms with E-state index in [0.717, 1.165) is 33.5 Å². The number of carbonyl (C=O) groups is 2. The quantitative estimate of drug-likeness (QED) is 0.417. The molecule has 0 unspecified atom stereocenters. The van der Waals surface area contributed by atoms with Crippen molar-refractivity contribution in [3.63, 3.8) is 0 Å². The maximum Gasteiger partial charge on any atom is 0.347 e. The van der Waals surface area contributed by atoms with Crippen LogP contribution in [0.2, 0.25) is 0 Å². The zero-order valence-electron chi connectivity index (χ0n) is 23.0. The van der Waals surface area contributed by atoms with Gasteiger partial charge in [-0.25, -0.2) is 9.78 Å². The van der Waals surface area contributed by atoms with E-state index in [1.54, 1.807) is 19.0 Å². The van der Waals surface area contributed by atoms with Crippen LogP contribution < -0.4 is 4.74 Å². The number of oxazole rings is 1. The van der Waals surface area contributed by atoms with Gasteiger partial charge in [0.1, 0.15) is 11.5 Å². The molecule has 0 aliphatic carbocycles. The molecule has 0 aliphatic rings. The van der Waals surface area contributed by atoms with Crippen molar-refractivity contribution in [1.82, 2.24) is 14.8 Å². The van der Waals surface area contributed by atoms with Gasteiger partial charge < -0.3 is 19.2 Å². The average Bonchev–Trinajstić information content (AvgIpc) is 3.16. The maximum atomic E-state index is 12.7. The molecule has 1 aromatic heterocycles. The summed E-state index contributed by atoms with van der Waals surface area (Å²) in [7, 11) is 3.48. The standard InChI is InChI=1S/C29H37N3O5/c1-18-11-9-10-12-23(18)27-30-24(21(4)36-27)16-32(17-25(33)31(7)8)15-22-13-19(2)26(20(3)14-22)37-29(5,6)28(34)35/h9-14H,15-17H2,1-8H3,(H,34,35). The number of carbonyl (C=O) groups excluding carboxylic acids is 1. The number of rotatable bonds is 10. The predicted molar refractivity (Wildman–Crippen MR) is 142 cm³/mol. The molecule has 0 radical (unpaired) electrons. The lowest BCUT2D eigenvalue weighted by molar-refractivity contribution is -0.152. The number of amides is 1. The SMILES string of the molecule is Cc1ccccc1-c1nc(CN(CC(=O)N(C)C)Cc2cc(C)c(OC(C)(C)C(=O)O)c(C)c2)c(C)o1. The van der Waals surface area contributed by atoms with E-state index >= 15 is 0 Å². The Bertz CT molecular complexity index is 1270. The molecule has 2 aromatic carbocycles. The average molecular weight is 508 g/mol. The number of nitrogens with zero attached hydrogens (tertiary/aromatic N) is 3. The minimum Gasteiger partial charge on any atom is -0.478 e. The number of carboxylic acid groups (broad SMARTS) is 1. The fourth-order valence-electron chi connectivity index (χ4n) is 4.06. The molecule has 0 spiro atoms. The van der Waals surface area contributed by atoms with E-state index in [4.69, 9.17) is 14.1 Å². The smallest absolute Gasteiger partial charge is 0.347 e. The molecule has 1 amide bonds. The molecule has 8 heteroatoms. The first-order chi connectivity index (χ1) is 17.3. The number of hydrogen-bond acceptors (Lipinski definition) is 6. The highest BCUT2D eigenvalue weighted by Crippen LogP contribution is 2.30. The van der Waals surface area contributed by atoms with Crippen LogP contribution in [0.1, 0.15) is 47.6 Å². The van der Waals surface area contributed by atoms with E-state index in [9.17, 15) is 14.7 Å². The highest BCUT2D eigenvalue weighted by atomic mass is 16.5. The van der Waals surface area contributed by atoms with E-state index in [-0.39, 0.29) is 12.5 Å². The molecule has 37 heavy (non-hydrogen) atoms. The van der Waals surface area contributed by atoms with Crippen LogP contribution in [0, 0.1) is 27.7 Å². The summed E-state index contributed by atoms with van der Waals surface area (Å²) in [5.41, 5.74) is 4.11. The third-order valence-electron chi connectivity index (χ3n) is 6.30. The molecule has 0 aliphatic heterocycles. The van der Waals surface area contributed by atoms with Crippen molar-refractivity contribution in [2.75, 3.05) is 20.6 Å². The first-order valence-corrected chi connectivity index (χ1v) is 12.3. The van der Waals surface area contributed by atoms with Gasteiger partial charge in [0.15, 0.2) is 5.60 Å². The summed E-state index contributed by atoms with van der Waals surface area (Å²) < 4.78 is 11.9. The van der Waals surface area contributed by atoms with Crippen LogP contribution in [-0.4, -0.2) is 58.0 Å². The maximum absolute atomic E-state index is 12.7. The number of aromatic nitrogens is 1. The molecule has 3 rings (SSSR count). The predicted octanol–water partition coefficient (Wildman–Crippen LogP) is 4.91. The fraction of sp³-hybridized carbons (Fsp3) is 0.414. The Morgan fingerprint density at radius 3 is 2.19 bits per heavy atom. The van der Waals surface area contributed by atoms with Crippen molar-refractivity contribution in [3.05, 3.63) is 70.1 Å². The van der Waals surface area contributed by atoms with Crippen LogP contribution in [0.3, 0.4) is 0 Å². The van der Waals surface area contributed by atoms with Gasteiger partial charge >= 0.3 is 5.97 Å². The largest absolute Gasteiger partial charge is 0.478 e. The van der Waals surface area contributed by atoms with Gasteiger partial charge in [0.05, 0.1) is 12.2 Å². The summed E-state index contributed by atoms with van der Waals surface area (Å²) in [5, 5.41) is 9.46. The number of aryl methyl sites for hydroxylation is 4. The third-order valence-corrected chi connectivity index (χ3v) is 6.30. The van der Waals surface area contributed by atoms with Crippen molar-refractivity contribution >= 4 is 11.9 Å². The monoisotopic (exact) mass is 507 g/mol. The molecule has 1 heterocycles. The van der Waals surface area contributed by atoms with Gasteiger partial charge in [-0.15, -0.1) is 0 Å².